The van der Waals surface area contributed by atoms with E-state index in [4.69, 9.17) is 0 Å². The SMILES string of the molecule is CNS(=O)(=O)N(C)c1cc(-c2ccc(F)cc2F)cc(-n2cnc3cc(Br)cnc32)c1. The Morgan fingerprint density at radius 1 is 1.10 bits per heavy atom. The molecule has 1 N–H and O–H groups in total. The summed E-state index contributed by atoms with van der Waals surface area (Å²) in [7, 11) is -1.15. The van der Waals surface area contributed by atoms with Gasteiger partial charge < -0.3 is 0 Å². The largest absolute Gasteiger partial charge is 0.301 e. The number of halogens is 3. The lowest BCUT2D eigenvalue weighted by Crippen LogP contribution is -2.36. The Morgan fingerprint density at radius 2 is 1.87 bits per heavy atom. The number of nitrogens with zero attached hydrogens (tertiary/aromatic N) is 4. The van der Waals surface area contributed by atoms with E-state index in [9.17, 15) is 17.2 Å². The van der Waals surface area contributed by atoms with Crippen molar-refractivity contribution >= 4 is 43.0 Å². The Hall–Kier alpha value is -2.89. The molecule has 0 saturated carbocycles. The molecule has 11 heteroatoms. The van der Waals surface area contributed by atoms with Crippen molar-refractivity contribution in [3.05, 3.63) is 71.1 Å². The number of anilines is 1. The molecule has 0 saturated heterocycles. The first-order valence-electron chi connectivity index (χ1n) is 8.96. The van der Waals surface area contributed by atoms with Crippen LogP contribution in [-0.4, -0.2) is 37.0 Å². The second-order valence-corrected chi connectivity index (χ2v) is 9.47. The van der Waals surface area contributed by atoms with E-state index in [0.29, 0.717) is 22.4 Å². The number of hydrogen-bond donors (Lipinski definition) is 1. The van der Waals surface area contributed by atoms with E-state index in [1.807, 2.05) is 0 Å². The van der Waals surface area contributed by atoms with Gasteiger partial charge in [0.1, 0.15) is 23.5 Å². The summed E-state index contributed by atoms with van der Waals surface area (Å²) in [5.41, 5.74) is 2.41. The summed E-state index contributed by atoms with van der Waals surface area (Å²) in [6.45, 7) is 0. The number of rotatable bonds is 5. The number of aromatic nitrogens is 3. The van der Waals surface area contributed by atoms with Crippen LogP contribution in [0.1, 0.15) is 0 Å². The quantitative estimate of drug-likeness (QED) is 0.442. The molecule has 0 spiro atoms. The monoisotopic (exact) mass is 507 g/mol. The molecule has 2 heterocycles. The van der Waals surface area contributed by atoms with Gasteiger partial charge in [-0.3, -0.25) is 8.87 Å². The number of benzene rings is 2. The fourth-order valence-electron chi connectivity index (χ4n) is 3.14. The molecule has 0 fully saturated rings. The van der Waals surface area contributed by atoms with Crippen LogP contribution in [0.4, 0.5) is 14.5 Å². The number of imidazole rings is 1. The second-order valence-electron chi connectivity index (χ2n) is 6.65. The molecule has 4 rings (SSSR count). The van der Waals surface area contributed by atoms with Crippen LogP contribution in [0, 0.1) is 11.6 Å². The molecule has 0 aliphatic carbocycles. The maximum absolute atomic E-state index is 14.5. The van der Waals surface area contributed by atoms with Crippen LogP contribution in [0.25, 0.3) is 28.0 Å². The molecule has 2 aromatic heterocycles. The molecule has 0 aliphatic heterocycles. The molecule has 0 radical (unpaired) electrons. The van der Waals surface area contributed by atoms with Crippen LogP contribution in [0.3, 0.4) is 0 Å². The van der Waals surface area contributed by atoms with Crippen LogP contribution in [0.2, 0.25) is 0 Å². The molecule has 0 bridgehead atoms. The van der Waals surface area contributed by atoms with Crippen molar-refractivity contribution in [2.24, 2.45) is 0 Å². The van der Waals surface area contributed by atoms with Crippen molar-refractivity contribution in [1.29, 1.82) is 0 Å². The molecule has 0 unspecified atom stereocenters. The van der Waals surface area contributed by atoms with Crippen LogP contribution in [0.15, 0.2) is 59.5 Å². The molecular formula is C20H16BrF2N5O2S. The van der Waals surface area contributed by atoms with Crippen molar-refractivity contribution in [1.82, 2.24) is 19.3 Å². The second kappa shape index (κ2) is 7.98. The number of nitrogens with one attached hydrogen (secondary N) is 1. The van der Waals surface area contributed by atoms with Crippen LogP contribution in [0.5, 0.6) is 0 Å². The van der Waals surface area contributed by atoms with Crippen LogP contribution in [-0.2, 0) is 10.2 Å². The van der Waals surface area contributed by atoms with Gasteiger partial charge >= 0.3 is 10.2 Å². The summed E-state index contributed by atoms with van der Waals surface area (Å²) in [5.74, 6) is -1.47. The Kier molecular flexibility index (Phi) is 5.50. The summed E-state index contributed by atoms with van der Waals surface area (Å²) in [4.78, 5) is 8.70. The van der Waals surface area contributed by atoms with E-state index in [2.05, 4.69) is 30.6 Å². The highest BCUT2D eigenvalue weighted by Gasteiger charge is 2.19. The average Bonchev–Trinajstić information content (AvgIpc) is 3.15. The van der Waals surface area contributed by atoms with Crippen LogP contribution >= 0.6 is 15.9 Å². The molecule has 0 aliphatic rings. The van der Waals surface area contributed by atoms with Gasteiger partial charge in [0.25, 0.3) is 0 Å². The highest BCUT2D eigenvalue weighted by Crippen LogP contribution is 2.32. The standard InChI is InChI=1S/C20H16BrF2N5O2S/c1-24-31(29,30)27(2)15-5-12(17-4-3-14(22)8-18(17)23)6-16(9-15)28-11-26-19-7-13(21)10-25-20(19)28/h3-11,24H,1-2H3. The zero-order chi connectivity index (χ0) is 22.3. The van der Waals surface area contributed by atoms with E-state index in [1.54, 1.807) is 35.3 Å². The zero-order valence-corrected chi connectivity index (χ0v) is 18.7. The Morgan fingerprint density at radius 3 is 2.58 bits per heavy atom. The first kappa shape index (κ1) is 21.3. The molecule has 0 atom stereocenters. The molecule has 0 amide bonds. The van der Waals surface area contributed by atoms with Crippen molar-refractivity contribution in [2.45, 2.75) is 0 Å². The fourth-order valence-corrected chi connectivity index (χ4v) is 4.11. The lowest BCUT2D eigenvalue weighted by molar-refractivity contribution is 0.585. The van der Waals surface area contributed by atoms with Gasteiger partial charge in [0.2, 0.25) is 0 Å². The zero-order valence-electron chi connectivity index (χ0n) is 16.3. The third kappa shape index (κ3) is 4.03. The topological polar surface area (TPSA) is 80.1 Å². The minimum atomic E-state index is -3.82. The lowest BCUT2D eigenvalue weighted by Gasteiger charge is -2.21. The maximum Gasteiger partial charge on any atom is 0.301 e. The Labute approximate surface area is 185 Å². The van der Waals surface area contributed by atoms with Gasteiger partial charge in [0.15, 0.2) is 5.65 Å². The van der Waals surface area contributed by atoms with E-state index < -0.39 is 21.8 Å². The summed E-state index contributed by atoms with van der Waals surface area (Å²) in [6.07, 6.45) is 3.16. The molecule has 31 heavy (non-hydrogen) atoms. The Balaban J connectivity index is 1.97. The average molecular weight is 508 g/mol. The van der Waals surface area contributed by atoms with Crippen LogP contribution < -0.4 is 9.03 Å². The van der Waals surface area contributed by atoms with E-state index in [0.717, 1.165) is 20.9 Å². The number of hydrogen-bond acceptors (Lipinski definition) is 4. The Bertz CT molecular complexity index is 1410. The fraction of sp³-hybridized carbons (Fsp3) is 0.100. The third-order valence-corrected chi connectivity index (χ3v) is 6.64. The number of fused-ring (bicyclic) bond motifs is 1. The van der Waals surface area contributed by atoms with Gasteiger partial charge in [-0.2, -0.15) is 8.42 Å². The third-order valence-electron chi connectivity index (χ3n) is 4.76. The summed E-state index contributed by atoms with van der Waals surface area (Å²) in [5, 5.41) is 0. The van der Waals surface area contributed by atoms with Crippen molar-refractivity contribution in [3.8, 4) is 16.8 Å². The molecule has 7 nitrogen and oxygen atoms in total. The first-order chi connectivity index (χ1) is 14.7. The normalized spacial score (nSPS) is 11.8. The van der Waals surface area contributed by atoms with Gasteiger partial charge in [-0.25, -0.2) is 23.5 Å². The first-order valence-corrected chi connectivity index (χ1v) is 11.2. The van der Waals surface area contributed by atoms with Gasteiger partial charge in [-0.05, 0) is 57.9 Å². The lowest BCUT2D eigenvalue weighted by atomic mass is 10.0. The van der Waals surface area contributed by atoms with Gasteiger partial charge in [0.05, 0.1) is 11.4 Å². The van der Waals surface area contributed by atoms with Gasteiger partial charge in [-0.15, -0.1) is 0 Å². The van der Waals surface area contributed by atoms with E-state index in [1.165, 1.54) is 26.2 Å². The van der Waals surface area contributed by atoms with Crippen molar-refractivity contribution in [3.63, 3.8) is 0 Å². The van der Waals surface area contributed by atoms with Crippen molar-refractivity contribution in [2.75, 3.05) is 18.4 Å². The molecule has 160 valence electrons. The maximum atomic E-state index is 14.5. The minimum absolute atomic E-state index is 0.125. The smallest absolute Gasteiger partial charge is 0.283 e. The highest BCUT2D eigenvalue weighted by molar-refractivity contribution is 9.10. The minimum Gasteiger partial charge on any atom is -0.283 e. The van der Waals surface area contributed by atoms with Crippen molar-refractivity contribution < 1.29 is 17.2 Å². The summed E-state index contributed by atoms with van der Waals surface area (Å²) >= 11 is 3.35. The van der Waals surface area contributed by atoms with Gasteiger partial charge in [-0.1, -0.05) is 0 Å². The summed E-state index contributed by atoms with van der Waals surface area (Å²) in [6, 6.07) is 9.81. The number of pyridine rings is 1. The molecule has 4 aromatic rings. The molecular weight excluding hydrogens is 492 g/mol. The summed E-state index contributed by atoms with van der Waals surface area (Å²) < 4.78 is 58.4. The van der Waals surface area contributed by atoms with E-state index >= 15 is 0 Å². The predicted octanol–water partition coefficient (Wildman–Crippen LogP) is 4.03. The predicted molar refractivity (Wildman–Crippen MR) is 118 cm³/mol. The van der Waals surface area contributed by atoms with Gasteiger partial charge in [0, 0.05) is 36.4 Å². The van der Waals surface area contributed by atoms with E-state index in [-0.39, 0.29) is 11.3 Å². The molecule has 2 aromatic carbocycles. The highest BCUT2D eigenvalue weighted by atomic mass is 79.9.